The first-order chi connectivity index (χ1) is 3.66. The van der Waals surface area contributed by atoms with E-state index in [0.717, 1.165) is 0 Å². The molecule has 1 radical (unpaired) electrons. The number of Topliss-reactive ketones (excluding diaryl/α,β-unsaturated/α-hetero) is 1. The molecule has 0 N–H and O–H groups in total. The molecular formula is C5H7O3. The van der Waals surface area contributed by atoms with E-state index in [0.29, 0.717) is 0 Å². The van der Waals surface area contributed by atoms with Gasteiger partial charge < -0.3 is 0 Å². The van der Waals surface area contributed by atoms with Gasteiger partial charge in [-0.15, -0.1) is 0 Å². The van der Waals surface area contributed by atoms with Crippen LogP contribution in [-0.2, 0) is 14.7 Å². The zero-order valence-corrected chi connectivity index (χ0v) is 4.64. The van der Waals surface area contributed by atoms with E-state index in [-0.39, 0.29) is 12.2 Å². The molecule has 0 amide bonds. The Balaban J connectivity index is 3.40. The molecular weight excluding hydrogens is 108 g/mol. The third kappa shape index (κ3) is 3.33. The first kappa shape index (κ1) is 7.14. The number of hydrogen-bond acceptors (Lipinski definition) is 2. The van der Waals surface area contributed by atoms with E-state index < -0.39 is 12.4 Å². The van der Waals surface area contributed by atoms with Crippen molar-refractivity contribution in [2.45, 2.75) is 19.8 Å². The van der Waals surface area contributed by atoms with Crippen molar-refractivity contribution in [3.63, 3.8) is 0 Å². The molecule has 0 rings (SSSR count). The maximum absolute atomic E-state index is 10.2. The Bertz CT molecular complexity index is 106. The Morgan fingerprint density at radius 2 is 1.88 bits per heavy atom. The smallest absolute Gasteiger partial charge is 0.299 e. The van der Waals surface area contributed by atoms with Crippen LogP contribution >= 0.6 is 0 Å². The molecule has 0 atom stereocenters. The zero-order valence-electron chi connectivity index (χ0n) is 4.64. The lowest BCUT2D eigenvalue weighted by molar-refractivity contribution is -0.145. The Hall–Kier alpha value is -0.860. The van der Waals surface area contributed by atoms with Crippen LogP contribution in [0, 0.1) is 0 Å². The summed E-state index contributed by atoms with van der Waals surface area (Å²) in [5.74, 6) is -1.58. The number of hydrogen-bond donors (Lipinski definition) is 0. The van der Waals surface area contributed by atoms with E-state index in [9.17, 15) is 14.7 Å². The highest BCUT2D eigenvalue weighted by atomic mass is 16.4. The molecule has 0 unspecified atom stereocenters. The number of ketones is 1. The van der Waals surface area contributed by atoms with Crippen molar-refractivity contribution >= 4 is 11.8 Å². The van der Waals surface area contributed by atoms with Gasteiger partial charge in [0.05, 0.1) is 0 Å². The van der Waals surface area contributed by atoms with E-state index in [4.69, 9.17) is 0 Å². The fourth-order valence-electron chi connectivity index (χ4n) is 0.286. The van der Waals surface area contributed by atoms with Crippen molar-refractivity contribution < 1.29 is 14.7 Å². The van der Waals surface area contributed by atoms with Crippen LogP contribution in [0.1, 0.15) is 19.8 Å². The molecule has 0 saturated heterocycles. The van der Waals surface area contributed by atoms with Gasteiger partial charge in [0, 0.05) is 6.42 Å². The molecule has 0 aromatic rings. The van der Waals surface area contributed by atoms with Crippen LogP contribution in [0.4, 0.5) is 0 Å². The molecule has 8 heavy (non-hydrogen) atoms. The molecule has 0 aromatic heterocycles. The minimum Gasteiger partial charge on any atom is -0.299 e. The van der Waals surface area contributed by atoms with Gasteiger partial charge in [0.15, 0.2) is 0 Å². The van der Waals surface area contributed by atoms with Gasteiger partial charge in [-0.3, -0.25) is 4.79 Å². The highest BCUT2D eigenvalue weighted by Crippen LogP contribution is 1.86. The summed E-state index contributed by atoms with van der Waals surface area (Å²) in [5.41, 5.74) is 0. The van der Waals surface area contributed by atoms with Crippen molar-refractivity contribution in [1.29, 1.82) is 0 Å². The molecule has 0 fully saturated rings. The van der Waals surface area contributed by atoms with E-state index in [2.05, 4.69) is 0 Å². The van der Waals surface area contributed by atoms with E-state index in [1.807, 2.05) is 0 Å². The summed E-state index contributed by atoms with van der Waals surface area (Å²) in [7, 11) is 0. The molecule has 0 heterocycles. The second kappa shape index (κ2) is 3.18. The Kier molecular flexibility index (Phi) is 2.84. The number of carbonyl (C=O) groups is 2. The average molecular weight is 115 g/mol. The van der Waals surface area contributed by atoms with Crippen LogP contribution in [-0.4, -0.2) is 11.8 Å². The van der Waals surface area contributed by atoms with Gasteiger partial charge in [0.1, 0.15) is 12.2 Å². The fourth-order valence-corrected chi connectivity index (χ4v) is 0.286. The monoisotopic (exact) mass is 115 g/mol. The molecule has 0 spiro atoms. The minimum atomic E-state index is -1.29. The summed E-state index contributed by atoms with van der Waals surface area (Å²) in [6.07, 6.45) is -0.176. The summed E-state index contributed by atoms with van der Waals surface area (Å²) in [6, 6.07) is 0. The zero-order chi connectivity index (χ0) is 6.57. The quantitative estimate of drug-likeness (QED) is 0.497. The summed E-state index contributed by atoms with van der Waals surface area (Å²) < 4.78 is 0. The van der Waals surface area contributed by atoms with Gasteiger partial charge in [-0.2, -0.15) is 0 Å². The van der Waals surface area contributed by atoms with Crippen molar-refractivity contribution in [3.8, 4) is 0 Å². The molecule has 0 bridgehead atoms. The Labute approximate surface area is 47.3 Å². The molecule has 0 aliphatic heterocycles. The van der Waals surface area contributed by atoms with Crippen LogP contribution in [0.5, 0.6) is 0 Å². The largest absolute Gasteiger partial charge is 0.362 e. The second-order valence-electron chi connectivity index (χ2n) is 1.44. The summed E-state index contributed by atoms with van der Waals surface area (Å²) in [5, 5.41) is 9.64. The van der Waals surface area contributed by atoms with Crippen LogP contribution in [0.15, 0.2) is 0 Å². The van der Waals surface area contributed by atoms with E-state index in [1.165, 1.54) is 0 Å². The molecule has 45 valence electrons. The highest BCUT2D eigenvalue weighted by Gasteiger charge is 2.05. The van der Waals surface area contributed by atoms with Crippen molar-refractivity contribution in [3.05, 3.63) is 0 Å². The molecule has 3 heteroatoms. The van der Waals surface area contributed by atoms with Gasteiger partial charge in [-0.25, -0.2) is 9.90 Å². The molecule has 0 aromatic carbocycles. The lowest BCUT2D eigenvalue weighted by Gasteiger charge is -1.83. The molecule has 0 aliphatic rings. The maximum Gasteiger partial charge on any atom is 0.362 e. The fraction of sp³-hybridized carbons (Fsp3) is 0.600. The van der Waals surface area contributed by atoms with E-state index in [1.54, 1.807) is 6.92 Å². The van der Waals surface area contributed by atoms with Gasteiger partial charge in [0.2, 0.25) is 0 Å². The van der Waals surface area contributed by atoms with Crippen LogP contribution in [0.3, 0.4) is 0 Å². The van der Waals surface area contributed by atoms with Crippen LogP contribution < -0.4 is 0 Å². The maximum atomic E-state index is 10.2. The predicted molar refractivity (Wildman–Crippen MR) is 25.6 cm³/mol. The Morgan fingerprint density at radius 3 is 2.00 bits per heavy atom. The first-order valence-electron chi connectivity index (χ1n) is 2.38. The summed E-state index contributed by atoms with van der Waals surface area (Å²) in [4.78, 5) is 19.8. The number of carbonyl (C=O) groups excluding carboxylic acids is 2. The third-order valence-corrected chi connectivity index (χ3v) is 0.736. The lowest BCUT2D eigenvalue weighted by atomic mass is 10.2. The highest BCUT2D eigenvalue weighted by molar-refractivity contribution is 5.94. The second-order valence-corrected chi connectivity index (χ2v) is 1.44. The summed E-state index contributed by atoms with van der Waals surface area (Å²) in [6.45, 7) is 1.62. The normalized spacial score (nSPS) is 8.62. The number of rotatable bonds is 3. The molecule has 0 aliphatic carbocycles. The van der Waals surface area contributed by atoms with Crippen LogP contribution in [0.25, 0.3) is 0 Å². The average Bonchev–Trinajstić information content (AvgIpc) is 1.65. The lowest BCUT2D eigenvalue weighted by Crippen LogP contribution is -2.02. The standard InChI is InChI=1S/C5H7O3/c1-2-4(6)3-5(7)8/h2-3H2,1H3. The van der Waals surface area contributed by atoms with Crippen molar-refractivity contribution in [2.75, 3.05) is 0 Å². The topological polar surface area (TPSA) is 54.0 Å². The first-order valence-corrected chi connectivity index (χ1v) is 2.38. The van der Waals surface area contributed by atoms with Gasteiger partial charge in [-0.1, -0.05) is 6.92 Å². The van der Waals surface area contributed by atoms with Gasteiger partial charge in [0.25, 0.3) is 0 Å². The van der Waals surface area contributed by atoms with Crippen LogP contribution in [0.2, 0.25) is 0 Å². The summed E-state index contributed by atoms with van der Waals surface area (Å²) >= 11 is 0. The molecule has 3 nitrogen and oxygen atoms in total. The Morgan fingerprint density at radius 1 is 1.38 bits per heavy atom. The van der Waals surface area contributed by atoms with Gasteiger partial charge in [-0.05, 0) is 0 Å². The predicted octanol–water partition coefficient (Wildman–Crippen LogP) is 0.313. The van der Waals surface area contributed by atoms with Gasteiger partial charge >= 0.3 is 5.97 Å². The minimum absolute atomic E-state index is 0.272. The van der Waals surface area contributed by atoms with Crippen molar-refractivity contribution in [1.82, 2.24) is 0 Å². The third-order valence-electron chi connectivity index (χ3n) is 0.736. The van der Waals surface area contributed by atoms with Crippen molar-refractivity contribution in [2.24, 2.45) is 0 Å². The SMILES string of the molecule is CCC(=O)CC([O])=O. The van der Waals surface area contributed by atoms with E-state index >= 15 is 0 Å². The molecule has 0 saturated carbocycles.